The number of nitrogens with one attached hydrogen (secondary N) is 1. The van der Waals surface area contributed by atoms with E-state index in [9.17, 15) is 13.8 Å². The molecule has 1 saturated carbocycles. The van der Waals surface area contributed by atoms with Crippen LogP contribution in [-0.2, 0) is 22.8 Å². The number of carbonyl (C=O) groups is 1. The second-order valence-electron chi connectivity index (χ2n) is 6.57. The van der Waals surface area contributed by atoms with Gasteiger partial charge in [0.1, 0.15) is 0 Å². The summed E-state index contributed by atoms with van der Waals surface area (Å²) in [5, 5.41) is 17.2. The zero-order valence-electron chi connectivity index (χ0n) is 15.4. The first kappa shape index (κ1) is 22.6. The van der Waals surface area contributed by atoms with Gasteiger partial charge in [0.25, 0.3) is 5.56 Å². The molecule has 1 atom stereocenters. The Kier molecular flexibility index (Phi) is 7.44. The van der Waals surface area contributed by atoms with Crippen molar-refractivity contribution in [3.8, 4) is 0 Å². The summed E-state index contributed by atoms with van der Waals surface area (Å²) in [5.41, 5.74) is 2.19. The van der Waals surface area contributed by atoms with Crippen molar-refractivity contribution < 1.29 is 14.1 Å². The molecule has 1 fully saturated rings. The van der Waals surface area contributed by atoms with E-state index in [2.05, 4.69) is 21.2 Å². The molecule has 0 radical (unpaired) electrons. The van der Waals surface area contributed by atoms with Gasteiger partial charge in [-0.15, -0.1) is 0 Å². The molecule has 1 unspecified atom stereocenters. The van der Waals surface area contributed by atoms with Gasteiger partial charge in [0.05, 0.1) is 32.9 Å². The summed E-state index contributed by atoms with van der Waals surface area (Å²) in [7, 11) is 0.262. The Morgan fingerprint density at radius 3 is 2.50 bits per heavy atom. The third kappa shape index (κ3) is 5.66. The molecule has 0 bridgehead atoms. The Labute approximate surface area is 178 Å². The van der Waals surface area contributed by atoms with E-state index in [4.69, 9.17) is 21.8 Å². The summed E-state index contributed by atoms with van der Waals surface area (Å²) in [4.78, 5) is 22.0. The number of carboxylic acid groups (broad SMARTS) is 1. The van der Waals surface area contributed by atoms with Crippen molar-refractivity contribution in [1.82, 2.24) is 4.57 Å². The van der Waals surface area contributed by atoms with Crippen molar-refractivity contribution in [1.29, 1.82) is 0 Å². The minimum Gasteiger partial charge on any atom is -0.481 e. The summed E-state index contributed by atoms with van der Waals surface area (Å²) in [6.45, 7) is 1.79. The Morgan fingerprint density at radius 1 is 1.39 bits per heavy atom. The molecule has 0 saturated heterocycles. The largest absolute Gasteiger partial charge is 0.481 e. The summed E-state index contributed by atoms with van der Waals surface area (Å²) in [6, 6.07) is 7.42. The highest BCUT2D eigenvalue weighted by atomic mass is 79.9. The van der Waals surface area contributed by atoms with E-state index in [1.165, 1.54) is 0 Å². The van der Waals surface area contributed by atoms with E-state index in [1.54, 1.807) is 30.8 Å². The number of halogens is 2. The fourth-order valence-corrected chi connectivity index (χ4v) is 3.99. The van der Waals surface area contributed by atoms with Gasteiger partial charge < -0.3 is 15.0 Å². The van der Waals surface area contributed by atoms with Gasteiger partial charge in [-0.1, -0.05) is 27.5 Å². The van der Waals surface area contributed by atoms with Crippen molar-refractivity contribution in [2.45, 2.75) is 30.9 Å². The quantitative estimate of drug-likeness (QED) is 0.594. The van der Waals surface area contributed by atoms with Crippen LogP contribution in [0.4, 0.5) is 11.4 Å². The maximum atomic E-state index is 11.8. The van der Waals surface area contributed by atoms with E-state index in [1.807, 2.05) is 18.2 Å². The molecule has 1 aromatic heterocycles. The van der Waals surface area contributed by atoms with Gasteiger partial charge in [-0.05, 0) is 44.0 Å². The zero-order valence-corrected chi connectivity index (χ0v) is 18.5. The van der Waals surface area contributed by atoms with Crippen molar-refractivity contribution in [2.75, 3.05) is 5.32 Å². The molecular weight excluding hydrogens is 470 g/mol. The number of carboxylic acids is 1. The summed E-state index contributed by atoms with van der Waals surface area (Å²) in [6.07, 6.45) is 3.03. The van der Waals surface area contributed by atoms with Crippen LogP contribution in [0.5, 0.6) is 0 Å². The monoisotopic (exact) mass is 489 g/mol. The number of pyridine rings is 1. The van der Waals surface area contributed by atoms with Gasteiger partial charge in [0, 0.05) is 29.0 Å². The van der Waals surface area contributed by atoms with Crippen molar-refractivity contribution in [3.05, 3.63) is 55.9 Å². The lowest BCUT2D eigenvalue weighted by Gasteiger charge is -2.11. The SMILES string of the molecule is Cc1c(Nc2ccc(Br)cc2Cl)ccn(C)c1=O.NS(=O)C1(CC(=O)O)CC1. The average Bonchev–Trinajstić information content (AvgIpc) is 3.38. The average molecular weight is 491 g/mol. The second kappa shape index (κ2) is 9.21. The number of hydrogen-bond donors (Lipinski definition) is 3. The molecule has 1 aliphatic rings. The molecule has 1 aliphatic carbocycles. The van der Waals surface area contributed by atoms with E-state index in [-0.39, 0.29) is 12.0 Å². The van der Waals surface area contributed by atoms with Gasteiger partial charge in [0.2, 0.25) is 0 Å². The highest BCUT2D eigenvalue weighted by Crippen LogP contribution is 2.43. The van der Waals surface area contributed by atoms with Gasteiger partial charge in [0.15, 0.2) is 0 Å². The Hall–Kier alpha value is -1.68. The number of aromatic nitrogens is 1. The number of benzene rings is 1. The fourth-order valence-electron chi connectivity index (χ4n) is 2.49. The molecule has 4 N–H and O–H groups in total. The maximum absolute atomic E-state index is 11.8. The number of anilines is 2. The lowest BCUT2D eigenvalue weighted by Crippen LogP contribution is -2.26. The second-order valence-corrected chi connectivity index (χ2v) is 9.35. The molecule has 1 heterocycles. The van der Waals surface area contributed by atoms with Crippen LogP contribution >= 0.6 is 27.5 Å². The number of nitrogens with two attached hydrogens (primary N) is 1. The van der Waals surface area contributed by atoms with Crippen molar-refractivity contribution in [2.24, 2.45) is 12.2 Å². The fraction of sp³-hybridized carbons (Fsp3) is 0.333. The van der Waals surface area contributed by atoms with Crippen LogP contribution in [-0.4, -0.2) is 24.6 Å². The first-order valence-electron chi connectivity index (χ1n) is 8.32. The number of nitrogens with zero attached hydrogens (tertiary/aromatic N) is 1. The smallest absolute Gasteiger partial charge is 0.304 e. The lowest BCUT2D eigenvalue weighted by molar-refractivity contribution is -0.137. The highest BCUT2D eigenvalue weighted by molar-refractivity contribution is 9.10. The van der Waals surface area contributed by atoms with Gasteiger partial charge in [-0.25, -0.2) is 4.21 Å². The lowest BCUT2D eigenvalue weighted by atomic mass is 10.2. The van der Waals surface area contributed by atoms with Crippen molar-refractivity contribution in [3.63, 3.8) is 0 Å². The summed E-state index contributed by atoms with van der Waals surface area (Å²) < 4.78 is 12.6. The van der Waals surface area contributed by atoms with Crippen LogP contribution in [0.3, 0.4) is 0 Å². The third-order valence-electron chi connectivity index (χ3n) is 4.42. The van der Waals surface area contributed by atoms with Crippen LogP contribution in [0.2, 0.25) is 5.02 Å². The molecule has 10 heteroatoms. The summed E-state index contributed by atoms with van der Waals surface area (Å²) >= 11 is 9.48. The van der Waals surface area contributed by atoms with Crippen LogP contribution in [0.15, 0.2) is 39.7 Å². The molecule has 1 aromatic carbocycles. The zero-order chi connectivity index (χ0) is 21.1. The number of aliphatic carboxylic acids is 1. The molecule has 2 aromatic rings. The number of hydrogen-bond acceptors (Lipinski definition) is 4. The molecule has 28 heavy (non-hydrogen) atoms. The minimum absolute atomic E-state index is 0.0202. The number of aryl methyl sites for hydroxylation is 1. The molecule has 3 rings (SSSR count). The molecule has 0 amide bonds. The van der Waals surface area contributed by atoms with Crippen LogP contribution in [0, 0.1) is 6.92 Å². The third-order valence-corrected chi connectivity index (χ3v) is 6.63. The summed E-state index contributed by atoms with van der Waals surface area (Å²) in [5.74, 6) is -0.920. The van der Waals surface area contributed by atoms with Gasteiger partial charge >= 0.3 is 5.97 Å². The van der Waals surface area contributed by atoms with E-state index < -0.39 is 21.7 Å². The van der Waals surface area contributed by atoms with Crippen LogP contribution < -0.4 is 16.0 Å². The Bertz CT molecular complexity index is 976. The predicted molar refractivity (Wildman–Crippen MR) is 115 cm³/mol. The Balaban J connectivity index is 0.000000237. The minimum atomic E-state index is -1.47. The Morgan fingerprint density at radius 2 is 2.04 bits per heavy atom. The number of rotatable bonds is 5. The highest BCUT2D eigenvalue weighted by Gasteiger charge is 2.49. The van der Waals surface area contributed by atoms with Gasteiger partial charge in [-0.3, -0.25) is 14.7 Å². The molecule has 0 spiro atoms. The molecule has 7 nitrogen and oxygen atoms in total. The molecular formula is C18H21BrClN3O4S. The predicted octanol–water partition coefficient (Wildman–Crippen LogP) is 3.47. The normalized spacial score (nSPS) is 15.2. The van der Waals surface area contributed by atoms with E-state index in [0.29, 0.717) is 23.4 Å². The standard InChI is InChI=1S/C13H12BrClN2O.C5H9NO3S/c1-8-11(5-6-17(2)13(8)18)16-12-4-3-9(14)7-10(12)15;6-10(9)5(1-2-5)3-4(7)8/h3-7,16H,1-2H3;1-3,6H2,(H,7,8). The van der Waals surface area contributed by atoms with Crippen LogP contribution in [0.25, 0.3) is 0 Å². The molecule has 0 aliphatic heterocycles. The first-order chi connectivity index (χ1) is 13.1. The maximum Gasteiger partial charge on any atom is 0.304 e. The van der Waals surface area contributed by atoms with E-state index >= 15 is 0 Å². The van der Waals surface area contributed by atoms with Gasteiger partial charge in [-0.2, -0.15) is 0 Å². The molecule has 152 valence electrons. The van der Waals surface area contributed by atoms with Crippen molar-refractivity contribution >= 4 is 55.9 Å². The van der Waals surface area contributed by atoms with Crippen LogP contribution in [0.1, 0.15) is 24.8 Å². The first-order valence-corrected chi connectivity index (χ1v) is 10.7. The topological polar surface area (TPSA) is 114 Å². The van der Waals surface area contributed by atoms with E-state index in [0.717, 1.165) is 15.8 Å².